The molecule has 1 aromatic heterocycles. The summed E-state index contributed by atoms with van der Waals surface area (Å²) in [5.74, 6) is -0.750. The number of nitrogens with zero attached hydrogens (tertiary/aromatic N) is 1. The van der Waals surface area contributed by atoms with Crippen LogP contribution in [0.4, 0.5) is 13.2 Å². The second-order valence-electron chi connectivity index (χ2n) is 3.54. The van der Waals surface area contributed by atoms with Crippen LogP contribution in [-0.2, 0) is 0 Å². The van der Waals surface area contributed by atoms with E-state index in [2.05, 4.69) is 4.74 Å². The molecular formula is C10H6F3N3O4. The Morgan fingerprint density at radius 3 is 2.10 bits per heavy atom. The fourth-order valence-electron chi connectivity index (χ4n) is 1.50. The van der Waals surface area contributed by atoms with Crippen LogP contribution in [0.15, 0.2) is 38.6 Å². The molecule has 0 bridgehead atoms. The first-order chi connectivity index (χ1) is 9.28. The standard InChI is InChI=1S/C10H6F3N3O4/c11-10(12,13)20-6-4-2-1-3-5(6)16-8(18)14-7(17)15-9(16)19/h1-4H,(H2,14,15,17,18,19). The van der Waals surface area contributed by atoms with E-state index in [1.54, 1.807) is 9.97 Å². The Balaban J connectivity index is 2.69. The number of aromatic nitrogens is 3. The third-order valence-electron chi connectivity index (χ3n) is 2.18. The summed E-state index contributed by atoms with van der Waals surface area (Å²) in [6, 6.07) is 4.53. The van der Waals surface area contributed by atoms with Crippen molar-refractivity contribution < 1.29 is 17.9 Å². The Morgan fingerprint density at radius 1 is 1.00 bits per heavy atom. The fourth-order valence-corrected chi connectivity index (χ4v) is 1.50. The highest BCUT2D eigenvalue weighted by atomic mass is 19.4. The van der Waals surface area contributed by atoms with Gasteiger partial charge in [-0.05, 0) is 12.1 Å². The minimum Gasteiger partial charge on any atom is -0.404 e. The van der Waals surface area contributed by atoms with Crippen LogP contribution in [0.2, 0.25) is 0 Å². The van der Waals surface area contributed by atoms with Gasteiger partial charge in [0.25, 0.3) is 0 Å². The highest BCUT2D eigenvalue weighted by Gasteiger charge is 2.32. The van der Waals surface area contributed by atoms with Crippen molar-refractivity contribution in [1.29, 1.82) is 0 Å². The van der Waals surface area contributed by atoms with E-state index in [-0.39, 0.29) is 0 Å². The smallest absolute Gasteiger partial charge is 0.404 e. The molecule has 0 radical (unpaired) electrons. The molecule has 10 heteroatoms. The highest BCUT2D eigenvalue weighted by Crippen LogP contribution is 2.27. The normalized spacial score (nSPS) is 11.3. The van der Waals surface area contributed by atoms with Gasteiger partial charge in [-0.1, -0.05) is 12.1 Å². The second kappa shape index (κ2) is 4.72. The lowest BCUT2D eigenvalue weighted by atomic mass is 10.3. The summed E-state index contributed by atoms with van der Waals surface area (Å²) in [5.41, 5.74) is -3.88. The van der Waals surface area contributed by atoms with Gasteiger partial charge in [-0.2, -0.15) is 0 Å². The molecule has 0 amide bonds. The molecule has 0 saturated carbocycles. The van der Waals surface area contributed by atoms with Crippen LogP contribution in [0, 0.1) is 0 Å². The second-order valence-corrected chi connectivity index (χ2v) is 3.54. The van der Waals surface area contributed by atoms with Crippen molar-refractivity contribution in [2.75, 3.05) is 0 Å². The third kappa shape index (κ3) is 2.79. The fraction of sp³-hybridized carbons (Fsp3) is 0.100. The minimum absolute atomic E-state index is 0.322. The largest absolute Gasteiger partial charge is 0.573 e. The number of ether oxygens (including phenoxy) is 1. The van der Waals surface area contributed by atoms with Crippen LogP contribution in [0.1, 0.15) is 0 Å². The molecular weight excluding hydrogens is 283 g/mol. The zero-order chi connectivity index (χ0) is 14.9. The van der Waals surface area contributed by atoms with Crippen molar-refractivity contribution in [1.82, 2.24) is 14.5 Å². The molecule has 0 fully saturated rings. The lowest BCUT2D eigenvalue weighted by molar-refractivity contribution is -0.274. The average molecular weight is 289 g/mol. The summed E-state index contributed by atoms with van der Waals surface area (Å²) in [4.78, 5) is 37.4. The molecule has 106 valence electrons. The predicted molar refractivity (Wildman–Crippen MR) is 60.0 cm³/mol. The Morgan fingerprint density at radius 2 is 1.55 bits per heavy atom. The van der Waals surface area contributed by atoms with Gasteiger partial charge in [-0.3, -0.25) is 9.97 Å². The summed E-state index contributed by atoms with van der Waals surface area (Å²) in [6.45, 7) is 0. The molecule has 7 nitrogen and oxygen atoms in total. The molecule has 2 N–H and O–H groups in total. The Kier molecular flexibility index (Phi) is 3.22. The van der Waals surface area contributed by atoms with E-state index < -0.39 is 34.9 Å². The van der Waals surface area contributed by atoms with Gasteiger partial charge in [0.1, 0.15) is 0 Å². The average Bonchev–Trinajstić information content (AvgIpc) is 2.28. The lowest BCUT2D eigenvalue weighted by Crippen LogP contribution is -2.42. The number of benzene rings is 1. The van der Waals surface area contributed by atoms with Gasteiger partial charge in [-0.25, -0.2) is 19.0 Å². The van der Waals surface area contributed by atoms with Crippen LogP contribution in [0.3, 0.4) is 0 Å². The van der Waals surface area contributed by atoms with Gasteiger partial charge < -0.3 is 4.74 Å². The van der Waals surface area contributed by atoms with Gasteiger partial charge in [0.2, 0.25) is 0 Å². The Bertz CT molecular complexity index is 768. The number of rotatable bonds is 2. The first-order valence-electron chi connectivity index (χ1n) is 5.09. The van der Waals surface area contributed by atoms with E-state index in [1.165, 1.54) is 12.1 Å². The highest BCUT2D eigenvalue weighted by molar-refractivity contribution is 5.46. The molecule has 1 aromatic carbocycles. The molecule has 1 heterocycles. The maximum atomic E-state index is 12.2. The molecule has 0 aliphatic heterocycles. The van der Waals surface area contributed by atoms with Gasteiger partial charge in [0.15, 0.2) is 5.75 Å². The number of aromatic amines is 2. The first-order valence-corrected chi connectivity index (χ1v) is 5.09. The van der Waals surface area contributed by atoms with E-state index in [9.17, 15) is 27.6 Å². The van der Waals surface area contributed by atoms with Crippen molar-refractivity contribution >= 4 is 0 Å². The number of halogens is 3. The van der Waals surface area contributed by atoms with Crippen molar-refractivity contribution in [2.45, 2.75) is 6.36 Å². The zero-order valence-corrected chi connectivity index (χ0v) is 9.52. The van der Waals surface area contributed by atoms with Gasteiger partial charge in [0, 0.05) is 0 Å². The number of alkyl halides is 3. The monoisotopic (exact) mass is 289 g/mol. The maximum Gasteiger partial charge on any atom is 0.573 e. The topological polar surface area (TPSA) is 96.9 Å². The number of hydrogen-bond donors (Lipinski definition) is 2. The third-order valence-corrected chi connectivity index (χ3v) is 2.18. The van der Waals surface area contributed by atoms with E-state index in [4.69, 9.17) is 0 Å². The predicted octanol–water partition coefficient (Wildman–Crippen LogP) is 0.113. The summed E-state index contributed by atoms with van der Waals surface area (Å²) < 4.78 is 40.8. The van der Waals surface area contributed by atoms with Crippen molar-refractivity contribution in [3.05, 3.63) is 55.7 Å². The molecule has 0 spiro atoms. The van der Waals surface area contributed by atoms with Crippen molar-refractivity contribution in [3.63, 3.8) is 0 Å². The molecule has 0 atom stereocenters. The molecule has 0 saturated heterocycles. The number of para-hydroxylation sites is 2. The summed E-state index contributed by atoms with van der Waals surface area (Å²) in [5, 5.41) is 0. The summed E-state index contributed by atoms with van der Waals surface area (Å²) in [6.07, 6.45) is -4.99. The quantitative estimate of drug-likeness (QED) is 0.820. The number of hydrogen-bond acceptors (Lipinski definition) is 4. The minimum atomic E-state index is -4.99. The molecule has 0 unspecified atom stereocenters. The van der Waals surface area contributed by atoms with Gasteiger partial charge in [0.05, 0.1) is 5.69 Å². The van der Waals surface area contributed by atoms with E-state index in [0.717, 1.165) is 12.1 Å². The molecule has 0 aliphatic carbocycles. The van der Waals surface area contributed by atoms with Crippen LogP contribution in [0.5, 0.6) is 5.75 Å². The Labute approximate surface area is 107 Å². The molecule has 20 heavy (non-hydrogen) atoms. The van der Waals surface area contributed by atoms with E-state index >= 15 is 0 Å². The molecule has 2 aromatic rings. The summed E-state index contributed by atoms with van der Waals surface area (Å²) in [7, 11) is 0. The maximum absolute atomic E-state index is 12.2. The number of H-pyrrole nitrogens is 2. The molecule has 0 aliphatic rings. The number of nitrogens with one attached hydrogen (secondary N) is 2. The first kappa shape index (κ1) is 13.6. The van der Waals surface area contributed by atoms with Crippen LogP contribution < -0.4 is 21.8 Å². The Hall–Kier alpha value is -2.78. The lowest BCUT2D eigenvalue weighted by Gasteiger charge is -2.13. The summed E-state index contributed by atoms with van der Waals surface area (Å²) >= 11 is 0. The van der Waals surface area contributed by atoms with Crippen molar-refractivity contribution in [3.8, 4) is 11.4 Å². The van der Waals surface area contributed by atoms with Crippen LogP contribution in [0.25, 0.3) is 5.69 Å². The van der Waals surface area contributed by atoms with Gasteiger partial charge >= 0.3 is 23.4 Å². The van der Waals surface area contributed by atoms with Crippen LogP contribution in [-0.4, -0.2) is 20.9 Å². The molecule has 2 rings (SSSR count). The van der Waals surface area contributed by atoms with E-state index in [0.29, 0.717) is 4.57 Å². The van der Waals surface area contributed by atoms with E-state index in [1.807, 2.05) is 0 Å². The zero-order valence-electron chi connectivity index (χ0n) is 9.52. The SMILES string of the molecule is O=c1[nH]c(=O)n(-c2ccccc2OC(F)(F)F)c(=O)[nH]1. The van der Waals surface area contributed by atoms with Crippen LogP contribution >= 0.6 is 0 Å². The van der Waals surface area contributed by atoms with Crippen molar-refractivity contribution in [2.24, 2.45) is 0 Å². The van der Waals surface area contributed by atoms with Gasteiger partial charge in [-0.15, -0.1) is 13.2 Å².